The molecule has 0 atom stereocenters. The van der Waals surface area contributed by atoms with E-state index in [4.69, 9.17) is 0 Å². The Morgan fingerprint density at radius 3 is 2.52 bits per heavy atom. The fourth-order valence-corrected chi connectivity index (χ4v) is 3.56. The van der Waals surface area contributed by atoms with Crippen LogP contribution >= 0.6 is 0 Å². The third-order valence-corrected chi connectivity index (χ3v) is 5.18. The van der Waals surface area contributed by atoms with Crippen molar-refractivity contribution in [1.82, 2.24) is 15.2 Å². The van der Waals surface area contributed by atoms with Gasteiger partial charge in [0.15, 0.2) is 17.3 Å². The average Bonchev–Trinajstić information content (AvgIpc) is 3.25. The van der Waals surface area contributed by atoms with Crippen molar-refractivity contribution in [2.24, 2.45) is 0 Å². The predicted octanol–water partition coefficient (Wildman–Crippen LogP) is 5.96. The number of pyridine rings is 1. The second kappa shape index (κ2) is 8.23. The van der Waals surface area contributed by atoms with Crippen molar-refractivity contribution in [2.75, 3.05) is 5.32 Å². The molecule has 0 unspecified atom stereocenters. The monoisotopic (exact) mass is 444 g/mol. The molecule has 5 nitrogen and oxygen atoms in total. The molecule has 33 heavy (non-hydrogen) atoms. The number of amides is 1. The van der Waals surface area contributed by atoms with E-state index in [0.717, 1.165) is 6.07 Å². The summed E-state index contributed by atoms with van der Waals surface area (Å²) in [5, 5.41) is 10.0. The maximum Gasteiger partial charge on any atom is 0.276 e. The number of benzene rings is 3. The molecule has 8 heteroatoms. The van der Waals surface area contributed by atoms with E-state index < -0.39 is 17.5 Å². The summed E-state index contributed by atoms with van der Waals surface area (Å²) in [6.45, 7) is 0. The molecule has 0 aliphatic heterocycles. The molecule has 5 rings (SSSR count). The number of H-pyrrole nitrogens is 1. The maximum absolute atomic E-state index is 14.2. The zero-order valence-electron chi connectivity index (χ0n) is 16.9. The molecular formula is C25H15F3N4O. The second-order valence-electron chi connectivity index (χ2n) is 7.33. The largest absolute Gasteiger partial charge is 0.319 e. The second-order valence-corrected chi connectivity index (χ2v) is 7.33. The average molecular weight is 444 g/mol. The van der Waals surface area contributed by atoms with E-state index in [9.17, 15) is 18.0 Å². The first-order valence-corrected chi connectivity index (χ1v) is 9.95. The highest BCUT2D eigenvalue weighted by atomic mass is 19.2. The van der Waals surface area contributed by atoms with Gasteiger partial charge in [0.05, 0.1) is 23.1 Å². The Bertz CT molecular complexity index is 1500. The highest BCUT2D eigenvalue weighted by Gasteiger charge is 2.17. The Morgan fingerprint density at radius 2 is 1.73 bits per heavy atom. The Kier molecular flexibility index (Phi) is 5.10. The fourth-order valence-electron chi connectivity index (χ4n) is 3.56. The summed E-state index contributed by atoms with van der Waals surface area (Å²) in [5.74, 6) is -2.78. The quantitative estimate of drug-likeness (QED) is 0.359. The van der Waals surface area contributed by atoms with E-state index in [1.807, 2.05) is 0 Å². The lowest BCUT2D eigenvalue weighted by Crippen LogP contribution is -2.13. The van der Waals surface area contributed by atoms with Gasteiger partial charge in [0, 0.05) is 16.5 Å². The summed E-state index contributed by atoms with van der Waals surface area (Å²) in [7, 11) is 0. The molecule has 0 aliphatic rings. The zero-order valence-corrected chi connectivity index (χ0v) is 16.9. The van der Waals surface area contributed by atoms with Gasteiger partial charge >= 0.3 is 0 Å². The standard InChI is InChI=1S/C25H15F3N4O/c26-16-4-1-3-15(11-16)21-10-8-17(13-29-21)30-25(33)24-19-12-14(7-9-22(19)31-32-24)18-5-2-6-20(27)23(18)28/h1-13H,(H,30,33)(H,31,32). The number of halogens is 3. The number of carbonyl (C=O) groups excluding carboxylic acids is 1. The summed E-state index contributed by atoms with van der Waals surface area (Å²) in [6, 6.07) is 18.1. The first kappa shape index (κ1) is 20.4. The van der Waals surface area contributed by atoms with E-state index in [0.29, 0.717) is 33.4 Å². The van der Waals surface area contributed by atoms with Gasteiger partial charge in [-0.25, -0.2) is 13.2 Å². The number of aromatic nitrogens is 3. The number of anilines is 1. The van der Waals surface area contributed by atoms with Crippen LogP contribution in [-0.2, 0) is 0 Å². The van der Waals surface area contributed by atoms with Crippen LogP contribution in [0.5, 0.6) is 0 Å². The Hall–Kier alpha value is -4.46. The molecule has 2 N–H and O–H groups in total. The van der Waals surface area contributed by atoms with Crippen LogP contribution in [0.25, 0.3) is 33.3 Å². The zero-order chi connectivity index (χ0) is 22.9. The number of nitrogens with zero attached hydrogens (tertiary/aromatic N) is 2. The molecular weight excluding hydrogens is 429 g/mol. The van der Waals surface area contributed by atoms with Crippen LogP contribution < -0.4 is 5.32 Å². The Balaban J connectivity index is 1.42. The SMILES string of the molecule is O=C(Nc1ccc(-c2cccc(F)c2)nc1)c1n[nH]c2ccc(-c3cccc(F)c3F)cc12. The summed E-state index contributed by atoms with van der Waals surface area (Å²) in [5.41, 5.74) is 2.75. The van der Waals surface area contributed by atoms with Crippen molar-refractivity contribution < 1.29 is 18.0 Å². The molecule has 0 spiro atoms. The van der Waals surface area contributed by atoms with Gasteiger partial charge in [-0.3, -0.25) is 14.9 Å². The normalized spacial score (nSPS) is 11.0. The fraction of sp³-hybridized carbons (Fsp3) is 0. The lowest BCUT2D eigenvalue weighted by Gasteiger charge is -2.07. The number of rotatable bonds is 4. The van der Waals surface area contributed by atoms with Crippen LogP contribution in [0.2, 0.25) is 0 Å². The van der Waals surface area contributed by atoms with Crippen molar-refractivity contribution in [3.63, 3.8) is 0 Å². The first-order valence-electron chi connectivity index (χ1n) is 9.95. The molecule has 0 saturated carbocycles. The molecule has 1 amide bonds. The predicted molar refractivity (Wildman–Crippen MR) is 119 cm³/mol. The third kappa shape index (κ3) is 3.94. The van der Waals surface area contributed by atoms with Crippen LogP contribution in [0, 0.1) is 17.5 Å². The van der Waals surface area contributed by atoms with Gasteiger partial charge in [-0.15, -0.1) is 0 Å². The number of hydrogen-bond donors (Lipinski definition) is 2. The number of aromatic amines is 1. The molecule has 2 heterocycles. The van der Waals surface area contributed by atoms with E-state index in [1.165, 1.54) is 30.5 Å². The van der Waals surface area contributed by atoms with Crippen LogP contribution in [0.1, 0.15) is 10.5 Å². The molecule has 0 saturated heterocycles. The van der Waals surface area contributed by atoms with Crippen molar-refractivity contribution in [3.8, 4) is 22.4 Å². The van der Waals surface area contributed by atoms with Crippen molar-refractivity contribution in [2.45, 2.75) is 0 Å². The molecule has 3 aromatic carbocycles. The minimum absolute atomic E-state index is 0.0848. The van der Waals surface area contributed by atoms with Gasteiger partial charge in [-0.05, 0) is 48.0 Å². The van der Waals surface area contributed by atoms with E-state index >= 15 is 0 Å². The molecule has 2 aromatic heterocycles. The van der Waals surface area contributed by atoms with Gasteiger partial charge in [0.1, 0.15) is 5.82 Å². The number of hydrogen-bond acceptors (Lipinski definition) is 3. The van der Waals surface area contributed by atoms with Gasteiger partial charge in [0.25, 0.3) is 5.91 Å². The summed E-state index contributed by atoms with van der Waals surface area (Å²) in [6.07, 6.45) is 1.46. The van der Waals surface area contributed by atoms with E-state index in [-0.39, 0.29) is 17.1 Å². The highest BCUT2D eigenvalue weighted by molar-refractivity contribution is 6.11. The molecule has 0 radical (unpaired) electrons. The van der Waals surface area contributed by atoms with Gasteiger partial charge < -0.3 is 5.32 Å². The van der Waals surface area contributed by atoms with Gasteiger partial charge in [-0.2, -0.15) is 5.10 Å². The van der Waals surface area contributed by atoms with Crippen molar-refractivity contribution in [1.29, 1.82) is 0 Å². The van der Waals surface area contributed by atoms with E-state index in [1.54, 1.807) is 42.5 Å². The summed E-state index contributed by atoms with van der Waals surface area (Å²) >= 11 is 0. The lowest BCUT2D eigenvalue weighted by atomic mass is 10.0. The lowest BCUT2D eigenvalue weighted by molar-refractivity contribution is 0.102. The Morgan fingerprint density at radius 1 is 0.879 bits per heavy atom. The van der Waals surface area contributed by atoms with E-state index in [2.05, 4.69) is 20.5 Å². The van der Waals surface area contributed by atoms with Crippen LogP contribution in [0.3, 0.4) is 0 Å². The number of fused-ring (bicyclic) bond motifs is 1. The smallest absolute Gasteiger partial charge is 0.276 e. The van der Waals surface area contributed by atoms with Crippen molar-refractivity contribution in [3.05, 3.63) is 102 Å². The number of carbonyl (C=O) groups is 1. The first-order chi connectivity index (χ1) is 16.0. The van der Waals surface area contributed by atoms with Crippen LogP contribution in [0.15, 0.2) is 79.0 Å². The van der Waals surface area contributed by atoms with Gasteiger partial charge in [0.2, 0.25) is 0 Å². The summed E-state index contributed by atoms with van der Waals surface area (Å²) in [4.78, 5) is 17.1. The van der Waals surface area contributed by atoms with Crippen molar-refractivity contribution >= 4 is 22.5 Å². The molecule has 0 aliphatic carbocycles. The maximum atomic E-state index is 14.2. The minimum Gasteiger partial charge on any atom is -0.319 e. The van der Waals surface area contributed by atoms with Crippen LogP contribution in [0.4, 0.5) is 18.9 Å². The summed E-state index contributed by atoms with van der Waals surface area (Å²) < 4.78 is 41.3. The van der Waals surface area contributed by atoms with Gasteiger partial charge in [-0.1, -0.05) is 30.3 Å². The molecule has 0 fully saturated rings. The number of nitrogens with one attached hydrogen (secondary N) is 2. The van der Waals surface area contributed by atoms with Crippen LogP contribution in [-0.4, -0.2) is 21.1 Å². The Labute approximate surface area is 185 Å². The molecule has 162 valence electrons. The minimum atomic E-state index is -0.962. The molecule has 0 bridgehead atoms. The third-order valence-electron chi connectivity index (χ3n) is 5.18. The highest BCUT2D eigenvalue weighted by Crippen LogP contribution is 2.29. The molecule has 5 aromatic rings. The topological polar surface area (TPSA) is 70.7 Å².